The van der Waals surface area contributed by atoms with E-state index in [1.165, 1.54) is 24.3 Å². The van der Waals surface area contributed by atoms with Gasteiger partial charge in [0.05, 0.1) is 16.3 Å². The zero-order valence-corrected chi connectivity index (χ0v) is 19.8. The van der Waals surface area contributed by atoms with E-state index in [9.17, 15) is 31.0 Å². The second-order valence-corrected chi connectivity index (χ2v) is 9.59. The Morgan fingerprint density at radius 3 is 2.33 bits per heavy atom. The van der Waals surface area contributed by atoms with E-state index in [0.717, 1.165) is 25.3 Å². The van der Waals surface area contributed by atoms with Crippen molar-refractivity contribution in [3.63, 3.8) is 0 Å². The number of carbonyl (C=O) groups is 1. The summed E-state index contributed by atoms with van der Waals surface area (Å²) in [6.07, 6.45) is -3.86. The molecule has 2 aromatic carbocycles. The maximum Gasteiger partial charge on any atom is 0.435 e. The summed E-state index contributed by atoms with van der Waals surface area (Å²) < 4.78 is 99.1. The highest BCUT2D eigenvalue weighted by Crippen LogP contribution is 2.37. The molecular weight excluding hydrogens is 511 g/mol. The van der Waals surface area contributed by atoms with Crippen LogP contribution >= 0.6 is 0 Å². The maximum atomic E-state index is 14.5. The highest BCUT2D eigenvalue weighted by Gasteiger charge is 2.38. The summed E-state index contributed by atoms with van der Waals surface area (Å²) in [6.45, 7) is 2.62. The van der Waals surface area contributed by atoms with Crippen LogP contribution in [0.5, 0.6) is 17.4 Å². The predicted octanol–water partition coefficient (Wildman–Crippen LogP) is 5.56. The fourth-order valence-corrected chi connectivity index (χ4v) is 3.79. The third-order valence-electron chi connectivity index (χ3n) is 4.70. The number of amides is 1. The molecule has 1 aromatic heterocycles. The van der Waals surface area contributed by atoms with E-state index in [2.05, 4.69) is 15.5 Å². The molecular formula is C22H19F5N4O4S. The van der Waals surface area contributed by atoms with Crippen molar-refractivity contribution in [1.82, 2.24) is 10.2 Å². The van der Waals surface area contributed by atoms with Crippen LogP contribution in [-0.2, 0) is 15.9 Å². The normalized spacial score (nSPS) is 13.1. The van der Waals surface area contributed by atoms with Gasteiger partial charge < -0.3 is 14.8 Å². The lowest BCUT2D eigenvalue weighted by Crippen LogP contribution is -2.21. The van der Waals surface area contributed by atoms with E-state index in [1.54, 1.807) is 6.92 Å². The molecule has 0 aliphatic carbocycles. The highest BCUT2D eigenvalue weighted by molar-refractivity contribution is 7.91. The van der Waals surface area contributed by atoms with Gasteiger partial charge in [-0.1, -0.05) is 6.07 Å². The highest BCUT2D eigenvalue weighted by atomic mass is 32.2. The summed E-state index contributed by atoms with van der Waals surface area (Å²) in [5.74, 6) is -5.79. The number of rotatable bonds is 7. The number of hydrogen-bond donors (Lipinski definition) is 2. The van der Waals surface area contributed by atoms with Crippen LogP contribution in [0.2, 0.25) is 0 Å². The number of anilines is 1. The number of nitrogens with one attached hydrogen (secondary N) is 2. The van der Waals surface area contributed by atoms with Gasteiger partial charge in [-0.15, -0.1) is 10.2 Å². The summed E-state index contributed by atoms with van der Waals surface area (Å²) in [6, 6.07) is 6.88. The standard InChI is InChI=1S/C22H19F5N4O4S/c1-4-34-13-9-15(23)18(16(24)10-13)35-21-17(11(2)19(30-31-21)22(25,26)27)20(32)29-12-6-5-7-14(8-12)36(3,28)33/h5-10,28H,4H2,1-3H3,(H,29,32). The molecule has 192 valence electrons. The second kappa shape index (κ2) is 10.0. The van der Waals surface area contributed by atoms with Crippen molar-refractivity contribution in [1.29, 1.82) is 4.78 Å². The Morgan fingerprint density at radius 1 is 1.14 bits per heavy atom. The molecule has 0 spiro atoms. The van der Waals surface area contributed by atoms with E-state index in [-0.39, 0.29) is 22.9 Å². The second-order valence-electron chi connectivity index (χ2n) is 7.43. The number of carbonyl (C=O) groups excluding carboxylic acids is 1. The minimum absolute atomic E-state index is 0.00604. The summed E-state index contributed by atoms with van der Waals surface area (Å²) >= 11 is 0. The molecule has 0 saturated carbocycles. The van der Waals surface area contributed by atoms with Crippen molar-refractivity contribution in [3.8, 4) is 17.4 Å². The Morgan fingerprint density at radius 2 is 1.78 bits per heavy atom. The van der Waals surface area contributed by atoms with Crippen LogP contribution in [0, 0.1) is 23.3 Å². The van der Waals surface area contributed by atoms with Gasteiger partial charge in [0, 0.05) is 29.0 Å². The Hall–Kier alpha value is -3.81. The molecule has 2 N–H and O–H groups in total. The molecule has 0 bridgehead atoms. The van der Waals surface area contributed by atoms with E-state index in [0.29, 0.717) is 0 Å². The first-order chi connectivity index (χ1) is 16.7. The monoisotopic (exact) mass is 530 g/mol. The fourth-order valence-electron chi connectivity index (χ4n) is 3.10. The molecule has 0 saturated heterocycles. The minimum Gasteiger partial charge on any atom is -0.494 e. The summed E-state index contributed by atoms with van der Waals surface area (Å²) in [5.41, 5.74) is -3.02. The zero-order valence-electron chi connectivity index (χ0n) is 19.0. The van der Waals surface area contributed by atoms with Crippen molar-refractivity contribution in [2.75, 3.05) is 18.2 Å². The van der Waals surface area contributed by atoms with Crippen molar-refractivity contribution >= 4 is 21.3 Å². The van der Waals surface area contributed by atoms with Gasteiger partial charge in [0.25, 0.3) is 11.8 Å². The lowest BCUT2D eigenvalue weighted by Gasteiger charge is -2.17. The van der Waals surface area contributed by atoms with Crippen LogP contribution in [0.25, 0.3) is 0 Å². The number of halogens is 5. The number of benzene rings is 2. The first kappa shape index (κ1) is 26.8. The largest absolute Gasteiger partial charge is 0.494 e. The van der Waals surface area contributed by atoms with Gasteiger partial charge in [0.2, 0.25) is 5.75 Å². The molecule has 1 amide bonds. The number of aromatic nitrogens is 2. The predicted molar refractivity (Wildman–Crippen MR) is 119 cm³/mol. The van der Waals surface area contributed by atoms with Crippen molar-refractivity contribution in [3.05, 3.63) is 64.9 Å². The third-order valence-corrected chi connectivity index (χ3v) is 5.86. The molecule has 0 aliphatic heterocycles. The van der Waals surface area contributed by atoms with E-state index < -0.39 is 61.9 Å². The molecule has 14 heteroatoms. The number of ether oxygens (including phenoxy) is 2. The number of alkyl halides is 3. The number of hydrogen-bond acceptors (Lipinski definition) is 7. The van der Waals surface area contributed by atoms with Gasteiger partial charge >= 0.3 is 6.18 Å². The molecule has 0 fully saturated rings. The molecule has 8 nitrogen and oxygen atoms in total. The first-order valence-electron chi connectivity index (χ1n) is 10.1. The van der Waals surface area contributed by atoms with Crippen LogP contribution in [0.15, 0.2) is 41.3 Å². The minimum atomic E-state index is -5.00. The first-order valence-corrected chi connectivity index (χ1v) is 12.1. The van der Waals surface area contributed by atoms with Gasteiger partial charge in [-0.05, 0) is 37.6 Å². The Labute approximate surface area is 202 Å². The summed E-state index contributed by atoms with van der Waals surface area (Å²) in [4.78, 5) is 13.1. The average molecular weight is 530 g/mol. The average Bonchev–Trinajstić information content (AvgIpc) is 2.75. The molecule has 0 aliphatic rings. The van der Waals surface area contributed by atoms with Crippen LogP contribution < -0.4 is 14.8 Å². The van der Waals surface area contributed by atoms with Crippen LogP contribution in [0.4, 0.5) is 27.6 Å². The summed E-state index contributed by atoms with van der Waals surface area (Å²) in [7, 11) is -3.17. The van der Waals surface area contributed by atoms with E-state index in [4.69, 9.17) is 14.3 Å². The van der Waals surface area contributed by atoms with Gasteiger partial charge in [0.15, 0.2) is 17.3 Å². The van der Waals surface area contributed by atoms with Crippen molar-refractivity contribution < 1.29 is 40.4 Å². The van der Waals surface area contributed by atoms with Crippen molar-refractivity contribution in [2.24, 2.45) is 0 Å². The fraction of sp³-hybridized carbons (Fsp3) is 0.227. The van der Waals surface area contributed by atoms with E-state index >= 15 is 0 Å². The molecule has 1 atom stereocenters. The molecule has 3 rings (SSSR count). The lowest BCUT2D eigenvalue weighted by atomic mass is 10.1. The molecule has 0 radical (unpaired) electrons. The Bertz CT molecular complexity index is 1410. The molecule has 1 heterocycles. The van der Waals surface area contributed by atoms with Gasteiger partial charge in [-0.3, -0.25) is 4.79 Å². The topological polar surface area (TPSA) is 114 Å². The molecule has 36 heavy (non-hydrogen) atoms. The van der Waals surface area contributed by atoms with Gasteiger partial charge in [0.1, 0.15) is 11.3 Å². The molecule has 3 aromatic rings. The zero-order chi connectivity index (χ0) is 26.8. The lowest BCUT2D eigenvalue weighted by molar-refractivity contribution is -0.142. The third kappa shape index (κ3) is 5.87. The van der Waals surface area contributed by atoms with Crippen LogP contribution in [0.3, 0.4) is 0 Å². The quantitative estimate of drug-likeness (QED) is 0.387. The maximum absolute atomic E-state index is 14.5. The van der Waals surface area contributed by atoms with Crippen molar-refractivity contribution in [2.45, 2.75) is 24.9 Å². The Kier molecular flexibility index (Phi) is 7.48. The summed E-state index contributed by atoms with van der Waals surface area (Å²) in [5, 5.41) is 8.61. The van der Waals surface area contributed by atoms with Crippen LogP contribution in [0.1, 0.15) is 28.5 Å². The van der Waals surface area contributed by atoms with E-state index in [1.807, 2.05) is 0 Å². The van der Waals surface area contributed by atoms with Gasteiger partial charge in [-0.25, -0.2) is 17.8 Å². The van der Waals surface area contributed by atoms with Crippen LogP contribution in [-0.4, -0.2) is 33.2 Å². The molecule has 1 unspecified atom stereocenters. The SMILES string of the molecule is CCOc1cc(F)c(Oc2nnc(C(F)(F)F)c(C)c2C(=O)Nc2cccc(S(C)(=N)=O)c2)c(F)c1. The smallest absolute Gasteiger partial charge is 0.435 e. The van der Waals surface area contributed by atoms with Gasteiger partial charge in [-0.2, -0.15) is 13.2 Å². The Balaban J connectivity index is 2.09. The number of nitrogens with zero attached hydrogens (tertiary/aromatic N) is 2.